The number of nitrogens with one attached hydrogen (secondary N) is 1. The molecule has 170 valence electrons. The van der Waals surface area contributed by atoms with Crippen molar-refractivity contribution < 1.29 is 14.4 Å². The highest BCUT2D eigenvalue weighted by Crippen LogP contribution is 2.30. The summed E-state index contributed by atoms with van der Waals surface area (Å²) in [6.45, 7) is 1.51. The van der Waals surface area contributed by atoms with Crippen molar-refractivity contribution in [1.29, 1.82) is 0 Å². The van der Waals surface area contributed by atoms with Crippen LogP contribution in [0.4, 0.5) is 5.69 Å². The van der Waals surface area contributed by atoms with E-state index in [9.17, 15) is 14.4 Å². The predicted molar refractivity (Wildman–Crippen MR) is 132 cm³/mol. The van der Waals surface area contributed by atoms with E-state index in [1.54, 1.807) is 29.2 Å². The molecule has 6 heteroatoms. The minimum Gasteiger partial charge on any atom is -0.351 e. The van der Waals surface area contributed by atoms with Crippen LogP contribution >= 0.6 is 11.3 Å². The van der Waals surface area contributed by atoms with Gasteiger partial charge in [0, 0.05) is 22.2 Å². The van der Waals surface area contributed by atoms with Crippen LogP contribution < -0.4 is 10.2 Å². The fraction of sp³-hybridized carbons (Fsp3) is 0.296. The molecule has 0 spiro atoms. The molecule has 1 saturated carbocycles. The fourth-order valence-electron chi connectivity index (χ4n) is 4.34. The topological polar surface area (TPSA) is 66.5 Å². The van der Waals surface area contributed by atoms with Crippen LogP contribution in [0.25, 0.3) is 0 Å². The van der Waals surface area contributed by atoms with E-state index in [4.69, 9.17) is 0 Å². The second kappa shape index (κ2) is 10.6. The van der Waals surface area contributed by atoms with Crippen molar-refractivity contribution in [3.63, 3.8) is 0 Å². The summed E-state index contributed by atoms with van der Waals surface area (Å²) in [5.41, 5.74) is 1.91. The van der Waals surface area contributed by atoms with Crippen molar-refractivity contribution in [2.24, 2.45) is 0 Å². The lowest BCUT2D eigenvalue weighted by Gasteiger charge is -2.32. The number of carbonyl (C=O) groups excluding carboxylic acids is 3. The molecule has 0 saturated heterocycles. The first-order valence-corrected chi connectivity index (χ1v) is 12.2. The first-order valence-electron chi connectivity index (χ1n) is 11.3. The second-order valence-corrected chi connectivity index (χ2v) is 9.46. The molecule has 3 aromatic rings. The Balaban J connectivity index is 1.74. The molecule has 1 atom stereocenters. The van der Waals surface area contributed by atoms with Crippen molar-refractivity contribution in [3.05, 3.63) is 88.1 Å². The van der Waals surface area contributed by atoms with Crippen LogP contribution in [0.15, 0.2) is 72.1 Å². The third kappa shape index (κ3) is 5.57. The summed E-state index contributed by atoms with van der Waals surface area (Å²) >= 11 is 1.52. The molecule has 0 aliphatic heterocycles. The number of benzene rings is 2. The SMILES string of the molecule is CC(=O)c1ccc(N(C(=O)Cc2cccs2)C(C(=O)NC2CCCC2)c2ccccc2)cc1. The van der Waals surface area contributed by atoms with Gasteiger partial charge in [-0.15, -0.1) is 11.3 Å². The smallest absolute Gasteiger partial charge is 0.248 e. The fourth-order valence-corrected chi connectivity index (χ4v) is 5.04. The summed E-state index contributed by atoms with van der Waals surface area (Å²) in [4.78, 5) is 41.6. The van der Waals surface area contributed by atoms with E-state index in [-0.39, 0.29) is 30.1 Å². The summed E-state index contributed by atoms with van der Waals surface area (Å²) in [6, 6.07) is 19.5. The summed E-state index contributed by atoms with van der Waals surface area (Å²) in [6.07, 6.45) is 4.34. The lowest BCUT2D eigenvalue weighted by Crippen LogP contribution is -2.46. The van der Waals surface area contributed by atoms with Gasteiger partial charge in [-0.3, -0.25) is 19.3 Å². The number of carbonyl (C=O) groups is 3. The molecule has 33 heavy (non-hydrogen) atoms. The maximum absolute atomic E-state index is 13.7. The minimum absolute atomic E-state index is 0.0448. The Morgan fingerprint density at radius 2 is 1.67 bits per heavy atom. The van der Waals surface area contributed by atoms with Gasteiger partial charge in [0.05, 0.1) is 6.42 Å². The van der Waals surface area contributed by atoms with Crippen molar-refractivity contribution in [1.82, 2.24) is 5.32 Å². The average Bonchev–Trinajstić information content (AvgIpc) is 3.52. The Morgan fingerprint density at radius 3 is 2.27 bits per heavy atom. The van der Waals surface area contributed by atoms with Crippen LogP contribution in [0.2, 0.25) is 0 Å². The number of Topliss-reactive ketones (excluding diaryl/α,β-unsaturated/α-hetero) is 1. The first kappa shape index (κ1) is 22.9. The highest BCUT2D eigenvalue weighted by molar-refractivity contribution is 7.10. The van der Waals surface area contributed by atoms with Gasteiger partial charge >= 0.3 is 0 Å². The highest BCUT2D eigenvalue weighted by Gasteiger charge is 2.34. The molecule has 1 N–H and O–H groups in total. The number of amides is 2. The van der Waals surface area contributed by atoms with Crippen molar-refractivity contribution in [2.75, 3.05) is 4.90 Å². The number of ketones is 1. The molecule has 1 heterocycles. The number of anilines is 1. The van der Waals surface area contributed by atoms with Crippen LogP contribution in [0.1, 0.15) is 59.4 Å². The van der Waals surface area contributed by atoms with Gasteiger partial charge in [-0.2, -0.15) is 0 Å². The molecule has 4 rings (SSSR count). The predicted octanol–water partition coefficient (Wildman–Crippen LogP) is 5.33. The zero-order valence-electron chi connectivity index (χ0n) is 18.7. The Kier molecular flexibility index (Phi) is 7.35. The number of thiophene rings is 1. The van der Waals surface area contributed by atoms with E-state index < -0.39 is 6.04 Å². The number of rotatable bonds is 8. The Labute approximate surface area is 198 Å². The third-order valence-electron chi connectivity index (χ3n) is 6.05. The maximum atomic E-state index is 13.7. The van der Waals surface area contributed by atoms with Crippen LogP contribution in [-0.2, 0) is 16.0 Å². The van der Waals surface area contributed by atoms with Gasteiger partial charge < -0.3 is 5.32 Å². The maximum Gasteiger partial charge on any atom is 0.248 e. The third-order valence-corrected chi connectivity index (χ3v) is 6.93. The van der Waals surface area contributed by atoms with Gasteiger partial charge in [-0.05, 0) is 61.0 Å². The number of hydrogen-bond donors (Lipinski definition) is 1. The molecule has 5 nitrogen and oxygen atoms in total. The minimum atomic E-state index is -0.803. The first-order chi connectivity index (χ1) is 16.0. The molecular weight excluding hydrogens is 432 g/mol. The van der Waals surface area contributed by atoms with Gasteiger partial charge in [-0.1, -0.05) is 49.2 Å². The van der Waals surface area contributed by atoms with E-state index in [0.717, 1.165) is 36.1 Å². The van der Waals surface area contributed by atoms with Gasteiger partial charge in [0.1, 0.15) is 6.04 Å². The zero-order valence-corrected chi connectivity index (χ0v) is 19.5. The van der Waals surface area contributed by atoms with Crippen LogP contribution in [-0.4, -0.2) is 23.6 Å². The molecule has 1 aromatic heterocycles. The van der Waals surface area contributed by atoms with Crippen molar-refractivity contribution >= 4 is 34.6 Å². The molecule has 1 fully saturated rings. The lowest BCUT2D eigenvalue weighted by atomic mass is 10.0. The highest BCUT2D eigenvalue weighted by atomic mass is 32.1. The Bertz CT molecular complexity index is 1090. The normalized spacial score (nSPS) is 14.6. The van der Waals surface area contributed by atoms with Gasteiger partial charge in [0.2, 0.25) is 11.8 Å². The monoisotopic (exact) mass is 460 g/mol. The number of hydrogen-bond acceptors (Lipinski definition) is 4. The molecule has 0 radical (unpaired) electrons. The summed E-state index contributed by atoms with van der Waals surface area (Å²) in [5.74, 6) is -0.386. The van der Waals surface area contributed by atoms with E-state index in [2.05, 4.69) is 5.32 Å². The summed E-state index contributed by atoms with van der Waals surface area (Å²) in [7, 11) is 0. The lowest BCUT2D eigenvalue weighted by molar-refractivity contribution is -0.127. The molecule has 1 aliphatic rings. The number of nitrogens with zero attached hydrogens (tertiary/aromatic N) is 1. The van der Waals surface area contributed by atoms with E-state index in [0.29, 0.717) is 11.3 Å². The molecular formula is C27H28N2O3S. The van der Waals surface area contributed by atoms with E-state index >= 15 is 0 Å². The molecule has 1 unspecified atom stereocenters. The van der Waals surface area contributed by atoms with Gasteiger partial charge in [0.25, 0.3) is 0 Å². The zero-order chi connectivity index (χ0) is 23.2. The standard InChI is InChI=1S/C27H28N2O3S/c1-19(30)20-13-15-23(16-14-20)29(25(31)18-24-12-7-17-33-24)26(21-8-3-2-4-9-21)27(32)28-22-10-5-6-11-22/h2-4,7-9,12-17,22,26H,5-6,10-11,18H2,1H3,(H,28,32). The summed E-state index contributed by atoms with van der Waals surface area (Å²) in [5, 5.41) is 5.13. The molecule has 2 amide bonds. The average molecular weight is 461 g/mol. The molecule has 1 aliphatic carbocycles. The molecule has 2 aromatic carbocycles. The Morgan fingerprint density at radius 1 is 0.970 bits per heavy atom. The van der Waals surface area contributed by atoms with Gasteiger partial charge in [-0.25, -0.2) is 0 Å². The van der Waals surface area contributed by atoms with Crippen LogP contribution in [0.3, 0.4) is 0 Å². The van der Waals surface area contributed by atoms with Crippen molar-refractivity contribution in [2.45, 2.75) is 51.1 Å². The van der Waals surface area contributed by atoms with Crippen LogP contribution in [0, 0.1) is 0 Å². The van der Waals surface area contributed by atoms with E-state index in [1.165, 1.54) is 18.3 Å². The van der Waals surface area contributed by atoms with Gasteiger partial charge in [0.15, 0.2) is 5.78 Å². The largest absolute Gasteiger partial charge is 0.351 e. The van der Waals surface area contributed by atoms with Crippen LogP contribution in [0.5, 0.6) is 0 Å². The van der Waals surface area contributed by atoms with E-state index in [1.807, 2.05) is 47.8 Å². The van der Waals surface area contributed by atoms with Crippen molar-refractivity contribution in [3.8, 4) is 0 Å². The quantitative estimate of drug-likeness (QED) is 0.462. The second-order valence-electron chi connectivity index (χ2n) is 8.43. The summed E-state index contributed by atoms with van der Waals surface area (Å²) < 4.78 is 0. The Hall–Kier alpha value is -3.25. The molecule has 0 bridgehead atoms.